The molecule has 0 saturated heterocycles. The van der Waals surface area contributed by atoms with Crippen molar-refractivity contribution >= 4 is 27.6 Å². The molecule has 1 saturated carbocycles. The number of carbonyl (C=O) groups excluding carboxylic acids is 1. The molecule has 0 heterocycles. The lowest BCUT2D eigenvalue weighted by Crippen LogP contribution is -2.52. The van der Waals surface area contributed by atoms with Gasteiger partial charge in [-0.05, 0) is 86.3 Å². The van der Waals surface area contributed by atoms with E-state index in [0.717, 1.165) is 49.7 Å². The zero-order valence-corrected chi connectivity index (χ0v) is 20.3. The van der Waals surface area contributed by atoms with Crippen molar-refractivity contribution in [3.8, 4) is 0 Å². The van der Waals surface area contributed by atoms with Gasteiger partial charge in [-0.25, -0.2) is 13.1 Å². The Balaban J connectivity index is 1.73. The molecular weight excluding hydrogens is 446 g/mol. The number of carbonyl (C=O) groups is 1. The van der Waals surface area contributed by atoms with E-state index in [-0.39, 0.29) is 10.9 Å². The Morgan fingerprint density at radius 2 is 1.66 bits per heavy atom. The Morgan fingerprint density at radius 3 is 2.25 bits per heavy atom. The van der Waals surface area contributed by atoms with Crippen LogP contribution in [0, 0.1) is 5.92 Å². The molecule has 2 aromatic rings. The van der Waals surface area contributed by atoms with Gasteiger partial charge in [0.05, 0.1) is 12.0 Å². The van der Waals surface area contributed by atoms with Gasteiger partial charge in [-0.3, -0.25) is 4.79 Å². The van der Waals surface area contributed by atoms with Crippen LogP contribution in [0.1, 0.15) is 56.6 Å². The Hall–Kier alpha value is -1.89. The molecular formula is C25H32ClNO4S. The number of aryl methyl sites for hydroxylation is 1. The molecule has 3 rings (SSSR count). The summed E-state index contributed by atoms with van der Waals surface area (Å²) in [5.74, 6) is 0.406. The first-order chi connectivity index (χ1) is 15.2. The molecule has 7 heteroatoms. The van der Waals surface area contributed by atoms with Crippen molar-refractivity contribution in [2.24, 2.45) is 5.92 Å². The molecule has 1 N–H and O–H groups in total. The number of sulfonamides is 1. The van der Waals surface area contributed by atoms with Crippen LogP contribution in [0.15, 0.2) is 53.4 Å². The van der Waals surface area contributed by atoms with Crippen LogP contribution in [-0.2, 0) is 32.4 Å². The van der Waals surface area contributed by atoms with Crippen LogP contribution in [0.25, 0.3) is 0 Å². The third kappa shape index (κ3) is 6.80. The number of esters is 1. The lowest BCUT2D eigenvalue weighted by molar-refractivity contribution is -0.140. The molecule has 0 radical (unpaired) electrons. The van der Waals surface area contributed by atoms with Gasteiger partial charge >= 0.3 is 5.97 Å². The molecule has 2 aromatic carbocycles. The maximum atomic E-state index is 13.1. The largest absolute Gasteiger partial charge is 0.469 e. The number of halogens is 1. The van der Waals surface area contributed by atoms with Gasteiger partial charge < -0.3 is 4.74 Å². The van der Waals surface area contributed by atoms with Crippen LogP contribution >= 0.6 is 11.6 Å². The molecule has 174 valence electrons. The molecule has 5 nitrogen and oxygen atoms in total. The molecule has 0 bridgehead atoms. The second-order valence-electron chi connectivity index (χ2n) is 8.95. The van der Waals surface area contributed by atoms with Gasteiger partial charge in [-0.2, -0.15) is 0 Å². The van der Waals surface area contributed by atoms with E-state index in [4.69, 9.17) is 11.6 Å². The van der Waals surface area contributed by atoms with Crippen molar-refractivity contribution in [3.05, 3.63) is 64.7 Å². The fourth-order valence-electron chi connectivity index (χ4n) is 4.34. The van der Waals surface area contributed by atoms with E-state index in [1.807, 2.05) is 0 Å². The summed E-state index contributed by atoms with van der Waals surface area (Å²) in [6, 6.07) is 14.6. The van der Waals surface area contributed by atoms with Crippen LogP contribution < -0.4 is 4.72 Å². The standard InChI is InChI=1S/C25H32ClNO4S/c1-19-14-16-25(17-15-19,27-32(29,30)23-12-10-22(26)11-13-23)18-21-8-6-20(7-9-21)4-3-5-24(28)31-2/h6-13,19,27H,3-5,14-18H2,1-2H3. The summed E-state index contributed by atoms with van der Waals surface area (Å²) in [5, 5.41) is 0.511. The van der Waals surface area contributed by atoms with Crippen LogP contribution in [0.4, 0.5) is 0 Å². The predicted molar refractivity (Wildman–Crippen MR) is 127 cm³/mol. The lowest BCUT2D eigenvalue weighted by atomic mass is 9.74. The van der Waals surface area contributed by atoms with E-state index in [0.29, 0.717) is 23.8 Å². The fraction of sp³-hybridized carbons (Fsp3) is 0.480. The normalized spacial score (nSPS) is 21.3. The summed E-state index contributed by atoms with van der Waals surface area (Å²) >= 11 is 5.93. The predicted octanol–water partition coefficient (Wildman–Crippen LogP) is 5.31. The van der Waals surface area contributed by atoms with Crippen molar-refractivity contribution in [1.29, 1.82) is 0 Å². The van der Waals surface area contributed by atoms with Gasteiger partial charge in [0, 0.05) is 17.0 Å². The first kappa shape index (κ1) is 24.7. The first-order valence-electron chi connectivity index (χ1n) is 11.2. The highest BCUT2D eigenvalue weighted by Crippen LogP contribution is 2.36. The average molecular weight is 478 g/mol. The summed E-state index contributed by atoms with van der Waals surface area (Å²) in [4.78, 5) is 11.5. The summed E-state index contributed by atoms with van der Waals surface area (Å²) in [5.41, 5.74) is 1.76. The third-order valence-corrected chi connectivity index (χ3v) is 8.19. The Kier molecular flexibility index (Phi) is 8.37. The minimum absolute atomic E-state index is 0.192. The number of benzene rings is 2. The van der Waals surface area contributed by atoms with E-state index >= 15 is 0 Å². The van der Waals surface area contributed by atoms with Gasteiger partial charge in [0.15, 0.2) is 0 Å². The maximum absolute atomic E-state index is 13.1. The number of nitrogens with one attached hydrogen (secondary N) is 1. The number of hydrogen-bond donors (Lipinski definition) is 1. The van der Waals surface area contributed by atoms with E-state index in [1.165, 1.54) is 7.11 Å². The zero-order valence-electron chi connectivity index (χ0n) is 18.8. The third-order valence-electron chi connectivity index (χ3n) is 6.35. The summed E-state index contributed by atoms with van der Waals surface area (Å²) in [6.07, 6.45) is 6.21. The minimum Gasteiger partial charge on any atom is -0.469 e. The Morgan fingerprint density at radius 1 is 1.06 bits per heavy atom. The molecule has 0 unspecified atom stereocenters. The first-order valence-corrected chi connectivity index (χ1v) is 13.0. The highest BCUT2D eigenvalue weighted by atomic mass is 35.5. The van der Waals surface area contributed by atoms with E-state index in [1.54, 1.807) is 24.3 Å². The Labute approximate surface area is 196 Å². The summed E-state index contributed by atoms with van der Waals surface area (Å²) in [6.45, 7) is 2.22. The lowest BCUT2D eigenvalue weighted by Gasteiger charge is -2.40. The maximum Gasteiger partial charge on any atom is 0.305 e. The van der Waals surface area contributed by atoms with E-state index < -0.39 is 15.6 Å². The van der Waals surface area contributed by atoms with Crippen LogP contribution in [-0.4, -0.2) is 27.0 Å². The highest BCUT2D eigenvalue weighted by Gasteiger charge is 2.38. The molecule has 1 aliphatic carbocycles. The molecule has 0 aliphatic heterocycles. The van der Waals surface area contributed by atoms with Crippen molar-refractivity contribution in [3.63, 3.8) is 0 Å². The SMILES string of the molecule is COC(=O)CCCc1ccc(CC2(NS(=O)(=O)c3ccc(Cl)cc3)CCC(C)CC2)cc1. The van der Waals surface area contributed by atoms with Crippen molar-refractivity contribution in [1.82, 2.24) is 4.72 Å². The van der Waals surface area contributed by atoms with Crippen molar-refractivity contribution in [2.75, 3.05) is 7.11 Å². The van der Waals surface area contributed by atoms with Crippen LogP contribution in [0.3, 0.4) is 0 Å². The molecule has 1 aliphatic rings. The molecule has 0 aromatic heterocycles. The number of methoxy groups -OCH3 is 1. The van der Waals surface area contributed by atoms with Gasteiger partial charge in [0.1, 0.15) is 0 Å². The second-order valence-corrected chi connectivity index (χ2v) is 11.1. The fourth-order valence-corrected chi connectivity index (χ4v) is 5.93. The van der Waals surface area contributed by atoms with Gasteiger partial charge in [0.25, 0.3) is 0 Å². The van der Waals surface area contributed by atoms with Gasteiger partial charge in [-0.1, -0.05) is 42.8 Å². The Bertz CT molecular complexity index is 995. The van der Waals surface area contributed by atoms with Crippen LogP contribution in [0.5, 0.6) is 0 Å². The average Bonchev–Trinajstić information content (AvgIpc) is 2.77. The molecule has 0 amide bonds. The molecule has 0 spiro atoms. The van der Waals surface area contributed by atoms with Crippen LogP contribution in [0.2, 0.25) is 5.02 Å². The van der Waals surface area contributed by atoms with Crippen molar-refractivity contribution in [2.45, 2.75) is 68.7 Å². The summed E-state index contributed by atoms with van der Waals surface area (Å²) < 4.78 is 34.0. The monoisotopic (exact) mass is 477 g/mol. The summed E-state index contributed by atoms with van der Waals surface area (Å²) in [7, 11) is -2.25. The highest BCUT2D eigenvalue weighted by molar-refractivity contribution is 7.89. The van der Waals surface area contributed by atoms with Gasteiger partial charge in [0.2, 0.25) is 10.0 Å². The second kappa shape index (κ2) is 10.8. The van der Waals surface area contributed by atoms with Crippen molar-refractivity contribution < 1.29 is 17.9 Å². The molecule has 1 fully saturated rings. The van der Waals surface area contributed by atoms with E-state index in [2.05, 4.69) is 40.6 Å². The number of hydrogen-bond acceptors (Lipinski definition) is 4. The van der Waals surface area contributed by atoms with Gasteiger partial charge in [-0.15, -0.1) is 0 Å². The smallest absolute Gasteiger partial charge is 0.305 e. The topological polar surface area (TPSA) is 72.5 Å². The molecule has 32 heavy (non-hydrogen) atoms. The molecule has 0 atom stereocenters. The van der Waals surface area contributed by atoms with E-state index in [9.17, 15) is 13.2 Å². The number of rotatable bonds is 9. The quantitative estimate of drug-likeness (QED) is 0.497. The minimum atomic E-state index is -3.66. The number of ether oxygens (including phenoxy) is 1. The zero-order chi connectivity index (χ0) is 23.2.